The number of para-hydroxylation sites is 1. The highest BCUT2D eigenvalue weighted by Gasteiger charge is 2.37. The minimum atomic E-state index is -0.269. The second-order valence-electron chi connectivity index (χ2n) is 7.53. The van der Waals surface area contributed by atoms with Crippen molar-refractivity contribution in [2.24, 2.45) is 0 Å². The van der Waals surface area contributed by atoms with Crippen molar-refractivity contribution >= 4 is 17.3 Å². The molecular weight excluding hydrogens is 336 g/mol. The highest BCUT2D eigenvalue weighted by molar-refractivity contribution is 6.07. The molecule has 0 fully saturated rings. The molecule has 1 aliphatic rings. The Hall–Kier alpha value is -3.08. The van der Waals surface area contributed by atoms with E-state index >= 15 is 0 Å². The molecule has 4 rings (SSSR count). The van der Waals surface area contributed by atoms with Gasteiger partial charge in [-0.05, 0) is 45.0 Å². The Bertz CT molecular complexity index is 975. The summed E-state index contributed by atoms with van der Waals surface area (Å²) in [5.74, 6) is -0.0258. The average molecular weight is 360 g/mol. The van der Waals surface area contributed by atoms with Crippen LogP contribution in [0.5, 0.6) is 0 Å². The van der Waals surface area contributed by atoms with Crippen LogP contribution >= 0.6 is 0 Å². The average Bonchev–Trinajstić information content (AvgIpc) is 2.95. The number of fused-ring (bicyclic) bond motifs is 1. The molecule has 27 heavy (non-hydrogen) atoms. The minimum Gasteiger partial charge on any atom is -0.353 e. The third-order valence-electron chi connectivity index (χ3n) is 4.97. The summed E-state index contributed by atoms with van der Waals surface area (Å²) < 4.78 is 2.26. The number of hydrogen-bond acceptors (Lipinski definition) is 3. The van der Waals surface area contributed by atoms with E-state index in [-0.39, 0.29) is 11.4 Å². The van der Waals surface area contributed by atoms with Crippen LogP contribution in [-0.4, -0.2) is 21.0 Å². The van der Waals surface area contributed by atoms with Gasteiger partial charge in [-0.1, -0.05) is 18.2 Å². The molecular formula is C22H24N4O. The molecule has 0 bridgehead atoms. The van der Waals surface area contributed by atoms with Crippen LogP contribution < -0.4 is 10.6 Å². The Morgan fingerprint density at radius 1 is 1.15 bits per heavy atom. The van der Waals surface area contributed by atoms with Crippen molar-refractivity contribution in [3.05, 3.63) is 66.1 Å². The van der Waals surface area contributed by atoms with E-state index in [0.29, 0.717) is 0 Å². The van der Waals surface area contributed by atoms with E-state index in [0.717, 1.165) is 46.9 Å². The number of nitrogens with one attached hydrogen (secondary N) is 2. The van der Waals surface area contributed by atoms with Crippen LogP contribution in [0.15, 0.2) is 54.9 Å². The summed E-state index contributed by atoms with van der Waals surface area (Å²) in [7, 11) is 0. The molecule has 1 aromatic carbocycles. The van der Waals surface area contributed by atoms with Crippen molar-refractivity contribution in [2.45, 2.75) is 39.3 Å². The summed E-state index contributed by atoms with van der Waals surface area (Å²) in [6.07, 6.45) is 4.37. The zero-order chi connectivity index (χ0) is 19.0. The molecule has 0 aliphatic carbocycles. The zero-order valence-corrected chi connectivity index (χ0v) is 15.9. The third-order valence-corrected chi connectivity index (χ3v) is 4.97. The van der Waals surface area contributed by atoms with Crippen LogP contribution in [0.2, 0.25) is 0 Å². The summed E-state index contributed by atoms with van der Waals surface area (Å²) >= 11 is 0. The Morgan fingerprint density at radius 2 is 1.85 bits per heavy atom. The van der Waals surface area contributed by atoms with Gasteiger partial charge >= 0.3 is 0 Å². The molecule has 0 atom stereocenters. The minimum absolute atomic E-state index is 0.0258. The zero-order valence-electron chi connectivity index (χ0n) is 15.9. The van der Waals surface area contributed by atoms with Gasteiger partial charge in [0.1, 0.15) is 0 Å². The van der Waals surface area contributed by atoms with E-state index in [4.69, 9.17) is 0 Å². The molecule has 1 amide bonds. The summed E-state index contributed by atoms with van der Waals surface area (Å²) in [6, 6.07) is 14.0. The van der Waals surface area contributed by atoms with Crippen molar-refractivity contribution in [3.8, 4) is 11.3 Å². The smallest absolute Gasteiger partial charge is 0.255 e. The van der Waals surface area contributed by atoms with Gasteiger partial charge in [-0.25, -0.2) is 0 Å². The maximum absolute atomic E-state index is 13.0. The van der Waals surface area contributed by atoms with Crippen molar-refractivity contribution in [1.82, 2.24) is 14.9 Å². The van der Waals surface area contributed by atoms with Crippen LogP contribution in [0.25, 0.3) is 11.3 Å². The second kappa shape index (κ2) is 6.58. The summed E-state index contributed by atoms with van der Waals surface area (Å²) in [4.78, 5) is 17.2. The standard InChI is InChI=1S/C22H24N4O/c1-4-26-17-14-22(2,3)25-21(27)18(17)19(24-16-8-6-5-7-9-16)20(26)15-10-12-23-13-11-15/h5-13,24H,4,14H2,1-3H3,(H,25,27). The summed E-state index contributed by atoms with van der Waals surface area (Å²) in [5, 5.41) is 6.66. The molecule has 3 heterocycles. The fourth-order valence-corrected chi connectivity index (χ4v) is 3.88. The first kappa shape index (κ1) is 17.3. The molecule has 138 valence electrons. The Balaban J connectivity index is 1.98. The van der Waals surface area contributed by atoms with E-state index in [2.05, 4.69) is 41.0 Å². The number of carbonyl (C=O) groups is 1. The topological polar surface area (TPSA) is 59.0 Å². The predicted molar refractivity (Wildman–Crippen MR) is 108 cm³/mol. The molecule has 0 radical (unpaired) electrons. The number of carbonyl (C=O) groups excluding carboxylic acids is 1. The first-order chi connectivity index (χ1) is 13.0. The van der Waals surface area contributed by atoms with Crippen molar-refractivity contribution in [1.29, 1.82) is 0 Å². The molecule has 0 saturated carbocycles. The number of aromatic nitrogens is 2. The normalized spacial score (nSPS) is 15.1. The van der Waals surface area contributed by atoms with E-state index < -0.39 is 0 Å². The lowest BCUT2D eigenvalue weighted by atomic mass is 9.91. The van der Waals surface area contributed by atoms with E-state index in [9.17, 15) is 4.79 Å². The summed E-state index contributed by atoms with van der Waals surface area (Å²) in [6.45, 7) is 7.05. The van der Waals surface area contributed by atoms with Crippen molar-refractivity contribution in [3.63, 3.8) is 0 Å². The Morgan fingerprint density at radius 3 is 2.52 bits per heavy atom. The number of nitrogens with zero attached hydrogens (tertiary/aromatic N) is 2. The Labute approximate surface area is 159 Å². The number of hydrogen-bond donors (Lipinski definition) is 2. The van der Waals surface area contributed by atoms with Gasteiger partial charge in [0.2, 0.25) is 0 Å². The van der Waals surface area contributed by atoms with Crippen LogP contribution in [0.1, 0.15) is 36.8 Å². The highest BCUT2D eigenvalue weighted by atomic mass is 16.2. The molecule has 5 nitrogen and oxygen atoms in total. The number of amides is 1. The van der Waals surface area contributed by atoms with Crippen molar-refractivity contribution in [2.75, 3.05) is 5.32 Å². The van der Waals surface area contributed by atoms with Gasteiger partial charge in [0, 0.05) is 47.8 Å². The lowest BCUT2D eigenvalue weighted by Gasteiger charge is -2.32. The molecule has 5 heteroatoms. The number of rotatable bonds is 4. The highest BCUT2D eigenvalue weighted by Crippen LogP contribution is 2.41. The maximum atomic E-state index is 13.0. The van der Waals surface area contributed by atoms with Gasteiger partial charge in [-0.15, -0.1) is 0 Å². The van der Waals surface area contributed by atoms with Gasteiger partial charge in [0.05, 0.1) is 16.9 Å². The molecule has 0 spiro atoms. The summed E-state index contributed by atoms with van der Waals surface area (Å²) in [5.41, 5.74) is 5.45. The Kier molecular flexibility index (Phi) is 4.22. The van der Waals surface area contributed by atoms with Gasteiger partial charge in [-0.3, -0.25) is 9.78 Å². The van der Waals surface area contributed by atoms with Gasteiger partial charge in [0.15, 0.2) is 0 Å². The van der Waals surface area contributed by atoms with E-state index in [1.807, 2.05) is 42.5 Å². The van der Waals surface area contributed by atoms with Crippen LogP contribution in [0, 0.1) is 0 Å². The number of benzene rings is 1. The quantitative estimate of drug-likeness (QED) is 0.726. The lowest BCUT2D eigenvalue weighted by Crippen LogP contribution is -2.49. The second-order valence-corrected chi connectivity index (χ2v) is 7.53. The van der Waals surface area contributed by atoms with Gasteiger partial charge in [-0.2, -0.15) is 0 Å². The molecule has 0 saturated heterocycles. The molecule has 2 N–H and O–H groups in total. The largest absolute Gasteiger partial charge is 0.353 e. The van der Waals surface area contributed by atoms with E-state index in [1.165, 1.54) is 0 Å². The fourth-order valence-electron chi connectivity index (χ4n) is 3.88. The van der Waals surface area contributed by atoms with E-state index in [1.54, 1.807) is 12.4 Å². The monoisotopic (exact) mass is 360 g/mol. The molecule has 3 aromatic rings. The number of pyridine rings is 1. The molecule has 2 aromatic heterocycles. The first-order valence-corrected chi connectivity index (χ1v) is 9.30. The number of anilines is 2. The van der Waals surface area contributed by atoms with Crippen molar-refractivity contribution < 1.29 is 4.79 Å². The maximum Gasteiger partial charge on any atom is 0.255 e. The van der Waals surface area contributed by atoms with Gasteiger partial charge in [0.25, 0.3) is 5.91 Å². The van der Waals surface area contributed by atoms with Gasteiger partial charge < -0.3 is 15.2 Å². The SMILES string of the molecule is CCn1c2c(c(Nc3ccccc3)c1-c1ccncc1)C(=O)NC(C)(C)C2. The van der Waals surface area contributed by atoms with Crippen LogP contribution in [0.4, 0.5) is 11.4 Å². The van der Waals surface area contributed by atoms with Crippen LogP contribution in [-0.2, 0) is 13.0 Å². The fraction of sp³-hybridized carbons (Fsp3) is 0.273. The molecule has 0 unspecified atom stereocenters. The lowest BCUT2D eigenvalue weighted by molar-refractivity contribution is 0.0896. The third kappa shape index (κ3) is 3.10. The first-order valence-electron chi connectivity index (χ1n) is 9.30. The molecule has 1 aliphatic heterocycles. The van der Waals surface area contributed by atoms with Crippen LogP contribution in [0.3, 0.4) is 0 Å². The predicted octanol–water partition coefficient (Wildman–Crippen LogP) is 4.38.